The van der Waals surface area contributed by atoms with Crippen LogP contribution in [0.5, 0.6) is 0 Å². The second-order valence-electron chi connectivity index (χ2n) is 4.84. The fraction of sp³-hybridized carbons (Fsp3) is 0.636. The van der Waals surface area contributed by atoms with Crippen molar-refractivity contribution in [2.45, 2.75) is 43.2 Å². The number of anilines is 1. The number of carbonyl (C=O) groups excluding carboxylic acids is 1. The Balaban J connectivity index is 2.01. The Morgan fingerprint density at radius 3 is 2.63 bits per heavy atom. The zero-order valence-corrected chi connectivity index (χ0v) is 12.3. The molecule has 2 rings (SSSR count). The maximum Gasteiger partial charge on any atom is 0.249 e. The monoisotopic (exact) mass is 303 g/mol. The van der Waals surface area contributed by atoms with Crippen LogP contribution < -0.4 is 10.5 Å². The van der Waals surface area contributed by atoms with Crippen molar-refractivity contribution in [3.05, 3.63) is 5.69 Å². The molecule has 1 aliphatic rings. The zero-order chi connectivity index (χ0) is 14.0. The summed E-state index contributed by atoms with van der Waals surface area (Å²) >= 11 is 0.897. The number of aromatic nitrogens is 1. The predicted molar refractivity (Wildman–Crippen MR) is 73.4 cm³/mol. The van der Waals surface area contributed by atoms with E-state index >= 15 is 0 Å². The number of hydrogen-bond donors (Lipinski definition) is 2. The number of nitrogens with zero attached hydrogens (tertiary/aromatic N) is 1. The number of carbonyl (C=O) groups is 1. The molecule has 6 nitrogen and oxygen atoms in total. The van der Waals surface area contributed by atoms with E-state index in [4.69, 9.17) is 5.14 Å². The molecule has 1 saturated carbocycles. The highest BCUT2D eigenvalue weighted by atomic mass is 32.2. The zero-order valence-electron chi connectivity index (χ0n) is 10.7. The minimum absolute atomic E-state index is 0.00339. The number of hydrogen-bond acceptors (Lipinski definition) is 5. The number of amides is 1. The summed E-state index contributed by atoms with van der Waals surface area (Å²) in [5, 5.41) is 8.01. The molecule has 0 radical (unpaired) electrons. The largest absolute Gasteiger partial charge is 0.302 e. The van der Waals surface area contributed by atoms with Crippen molar-refractivity contribution in [2.24, 2.45) is 11.1 Å². The molecule has 1 aromatic rings. The summed E-state index contributed by atoms with van der Waals surface area (Å²) in [6.07, 6.45) is 5.02. The van der Waals surface area contributed by atoms with Crippen LogP contribution in [0.25, 0.3) is 0 Å². The lowest BCUT2D eigenvalue weighted by atomic mass is 10.0. The molecule has 1 amide bonds. The molecule has 1 aromatic heterocycles. The van der Waals surface area contributed by atoms with E-state index in [0.717, 1.165) is 24.2 Å². The molecule has 1 aliphatic carbocycles. The van der Waals surface area contributed by atoms with Crippen LogP contribution in [-0.2, 0) is 14.8 Å². The van der Waals surface area contributed by atoms with Gasteiger partial charge in [0.15, 0.2) is 9.34 Å². The Morgan fingerprint density at radius 2 is 2.11 bits per heavy atom. The third-order valence-electron chi connectivity index (χ3n) is 3.21. The maximum absolute atomic E-state index is 11.8. The van der Waals surface area contributed by atoms with Gasteiger partial charge in [-0.25, -0.2) is 18.5 Å². The van der Waals surface area contributed by atoms with Crippen molar-refractivity contribution in [3.63, 3.8) is 0 Å². The SMILES string of the molecule is Cc1nc(NC(=O)CC2CCCC2)sc1S(N)(=O)=O. The molecule has 3 N–H and O–H groups in total. The molecule has 0 spiro atoms. The van der Waals surface area contributed by atoms with E-state index in [1.807, 2.05) is 0 Å². The summed E-state index contributed by atoms with van der Waals surface area (Å²) in [6.45, 7) is 1.56. The maximum atomic E-state index is 11.8. The standard InChI is InChI=1S/C11H17N3O3S2/c1-7-10(19(12,16)17)18-11(13-7)14-9(15)6-8-4-2-3-5-8/h8H,2-6H2,1H3,(H2,12,16,17)(H,13,14,15). The number of nitrogens with two attached hydrogens (primary N) is 1. The summed E-state index contributed by atoms with van der Waals surface area (Å²) in [6, 6.07) is 0. The summed E-state index contributed by atoms with van der Waals surface area (Å²) in [5.74, 6) is 0.334. The van der Waals surface area contributed by atoms with Gasteiger partial charge in [-0.05, 0) is 25.7 Å². The molecule has 0 bridgehead atoms. The van der Waals surface area contributed by atoms with Crippen LogP contribution in [0, 0.1) is 12.8 Å². The molecule has 0 atom stereocenters. The highest BCUT2D eigenvalue weighted by molar-refractivity contribution is 7.91. The third-order valence-corrected chi connectivity index (χ3v) is 5.83. The van der Waals surface area contributed by atoms with Crippen LogP contribution in [0.2, 0.25) is 0 Å². The molecule has 0 unspecified atom stereocenters. The number of sulfonamides is 1. The van der Waals surface area contributed by atoms with Crippen LogP contribution in [0.3, 0.4) is 0 Å². The summed E-state index contributed by atoms with van der Waals surface area (Å²) in [5.41, 5.74) is 0.323. The summed E-state index contributed by atoms with van der Waals surface area (Å²) in [7, 11) is -3.77. The molecule has 106 valence electrons. The van der Waals surface area contributed by atoms with Gasteiger partial charge in [-0.3, -0.25) is 4.79 Å². The first-order valence-electron chi connectivity index (χ1n) is 6.16. The normalized spacial score (nSPS) is 16.7. The van der Waals surface area contributed by atoms with E-state index in [1.165, 1.54) is 12.8 Å². The first-order valence-corrected chi connectivity index (χ1v) is 8.52. The smallest absolute Gasteiger partial charge is 0.249 e. The number of rotatable bonds is 4. The van der Waals surface area contributed by atoms with Gasteiger partial charge in [-0.1, -0.05) is 24.2 Å². The van der Waals surface area contributed by atoms with Crippen molar-refractivity contribution in [2.75, 3.05) is 5.32 Å². The Kier molecular flexibility index (Phi) is 4.22. The number of aryl methyl sites for hydroxylation is 1. The molecule has 19 heavy (non-hydrogen) atoms. The Hall–Kier alpha value is -0.990. The Morgan fingerprint density at radius 1 is 1.47 bits per heavy atom. The second kappa shape index (κ2) is 5.56. The first-order chi connectivity index (χ1) is 8.86. The van der Waals surface area contributed by atoms with Crippen LogP contribution in [0.1, 0.15) is 37.8 Å². The van der Waals surface area contributed by atoms with Gasteiger partial charge in [0.2, 0.25) is 15.9 Å². The van der Waals surface area contributed by atoms with Gasteiger partial charge in [0, 0.05) is 6.42 Å². The molecule has 1 heterocycles. The van der Waals surface area contributed by atoms with Crippen molar-refractivity contribution < 1.29 is 13.2 Å². The summed E-state index contributed by atoms with van der Waals surface area (Å²) < 4.78 is 22.5. The Labute approximate surface area is 116 Å². The van der Waals surface area contributed by atoms with Gasteiger partial charge in [0.1, 0.15) is 0 Å². The number of primary sulfonamides is 1. The lowest BCUT2D eigenvalue weighted by Crippen LogP contribution is -2.14. The molecule has 0 aliphatic heterocycles. The van der Waals surface area contributed by atoms with Crippen LogP contribution in [0.4, 0.5) is 5.13 Å². The van der Waals surface area contributed by atoms with E-state index in [-0.39, 0.29) is 10.1 Å². The number of nitrogens with one attached hydrogen (secondary N) is 1. The van der Waals surface area contributed by atoms with Crippen LogP contribution in [-0.4, -0.2) is 19.3 Å². The number of thiazole rings is 1. The molecular weight excluding hydrogens is 286 g/mol. The van der Waals surface area contributed by atoms with Gasteiger partial charge >= 0.3 is 0 Å². The van der Waals surface area contributed by atoms with E-state index in [0.29, 0.717) is 23.2 Å². The predicted octanol–water partition coefficient (Wildman–Crippen LogP) is 1.62. The highest BCUT2D eigenvalue weighted by Crippen LogP contribution is 2.29. The fourth-order valence-electron chi connectivity index (χ4n) is 2.35. The average Bonchev–Trinajstić information content (AvgIpc) is 2.87. The summed E-state index contributed by atoms with van der Waals surface area (Å²) in [4.78, 5) is 15.8. The quantitative estimate of drug-likeness (QED) is 0.882. The molecule has 0 saturated heterocycles. The average molecular weight is 303 g/mol. The lowest BCUT2D eigenvalue weighted by molar-refractivity contribution is -0.117. The molecule has 8 heteroatoms. The topological polar surface area (TPSA) is 102 Å². The van der Waals surface area contributed by atoms with Gasteiger partial charge in [-0.15, -0.1) is 0 Å². The molecular formula is C11H17N3O3S2. The van der Waals surface area contributed by atoms with Crippen molar-refractivity contribution >= 4 is 32.4 Å². The van der Waals surface area contributed by atoms with Crippen molar-refractivity contribution in [1.82, 2.24) is 4.98 Å². The van der Waals surface area contributed by atoms with E-state index in [1.54, 1.807) is 6.92 Å². The van der Waals surface area contributed by atoms with Gasteiger partial charge in [-0.2, -0.15) is 0 Å². The van der Waals surface area contributed by atoms with Crippen molar-refractivity contribution in [1.29, 1.82) is 0 Å². The van der Waals surface area contributed by atoms with Crippen LogP contribution >= 0.6 is 11.3 Å². The fourth-order valence-corrected chi connectivity index (χ4v) is 4.22. The lowest BCUT2D eigenvalue weighted by Gasteiger charge is -2.07. The van der Waals surface area contributed by atoms with Gasteiger partial charge < -0.3 is 5.32 Å². The van der Waals surface area contributed by atoms with Gasteiger partial charge in [0.25, 0.3) is 0 Å². The Bertz CT molecular complexity index is 574. The third kappa shape index (κ3) is 3.74. The van der Waals surface area contributed by atoms with Crippen molar-refractivity contribution in [3.8, 4) is 0 Å². The first kappa shape index (κ1) is 14.4. The van der Waals surface area contributed by atoms with Crippen LogP contribution in [0.15, 0.2) is 4.21 Å². The van der Waals surface area contributed by atoms with Gasteiger partial charge in [0.05, 0.1) is 5.69 Å². The second-order valence-corrected chi connectivity index (χ2v) is 7.60. The van der Waals surface area contributed by atoms with E-state index < -0.39 is 10.0 Å². The minimum atomic E-state index is -3.77. The van der Waals surface area contributed by atoms with E-state index in [9.17, 15) is 13.2 Å². The van der Waals surface area contributed by atoms with E-state index in [2.05, 4.69) is 10.3 Å². The molecule has 1 fully saturated rings. The molecule has 0 aromatic carbocycles. The minimum Gasteiger partial charge on any atom is -0.302 e. The highest BCUT2D eigenvalue weighted by Gasteiger charge is 2.21.